The lowest BCUT2D eigenvalue weighted by atomic mass is 9.91. The highest BCUT2D eigenvalue weighted by atomic mass is 35.5. The molecule has 0 spiro atoms. The Kier molecular flexibility index (Phi) is 6.17. The number of H-pyrrole nitrogens is 1. The number of hydrogen-bond donors (Lipinski definition) is 3. The lowest BCUT2D eigenvalue weighted by molar-refractivity contribution is 0.00706. The van der Waals surface area contributed by atoms with Gasteiger partial charge in [-0.2, -0.15) is 4.98 Å². The van der Waals surface area contributed by atoms with Gasteiger partial charge in [-0.15, -0.1) is 0 Å². The van der Waals surface area contributed by atoms with Crippen LogP contribution in [0.2, 0.25) is 5.02 Å². The van der Waals surface area contributed by atoms with Gasteiger partial charge in [0.05, 0.1) is 35.0 Å². The largest absolute Gasteiger partial charge is 0.456 e. The zero-order valence-corrected chi connectivity index (χ0v) is 21.3. The van der Waals surface area contributed by atoms with Crippen molar-refractivity contribution < 1.29 is 24.4 Å². The lowest BCUT2D eigenvalue weighted by Gasteiger charge is -2.22. The molecule has 4 heterocycles. The van der Waals surface area contributed by atoms with E-state index in [1.54, 1.807) is 6.07 Å². The van der Waals surface area contributed by atoms with Gasteiger partial charge in [0.25, 0.3) is 6.01 Å². The van der Waals surface area contributed by atoms with Gasteiger partial charge in [0, 0.05) is 5.56 Å². The second-order valence-electron chi connectivity index (χ2n) is 9.83. The number of nitrogens with one attached hydrogen (secondary N) is 1. The van der Waals surface area contributed by atoms with Crippen LogP contribution >= 0.6 is 11.6 Å². The first-order valence-electron chi connectivity index (χ1n) is 12.4. The first-order chi connectivity index (χ1) is 17.8. The number of aliphatic hydroxyl groups excluding tert-OH is 1. The molecule has 2 fully saturated rings. The van der Waals surface area contributed by atoms with E-state index in [0.717, 1.165) is 22.3 Å². The van der Waals surface area contributed by atoms with Crippen molar-refractivity contribution in [3.8, 4) is 28.4 Å². The van der Waals surface area contributed by atoms with Crippen molar-refractivity contribution in [3.63, 3.8) is 0 Å². The number of fused-ring (bicyclic) bond motifs is 2. The molecular formula is C28H28ClN3O5. The standard InChI is InChI=1S/C28H28ClN3O5/c1-3-28(2,34)18-10-8-16(9-11-18)15-4-6-17(7-5-15)23-19(29)12-20-26(31-23)32-27(30-20)37-22-14-36-24-21(33)13-35-25(22)24/h4-12,21-22,24-25,33-34H,3,13-14H2,1-2H3,(H,30,31,32)/t21-,22-,24-,25-,28-/m1/s1. The Labute approximate surface area is 219 Å². The Morgan fingerprint density at radius 2 is 1.65 bits per heavy atom. The van der Waals surface area contributed by atoms with Crippen molar-refractivity contribution in [1.29, 1.82) is 0 Å². The minimum absolute atomic E-state index is 0.237. The molecule has 2 aromatic heterocycles. The number of nitrogens with zero attached hydrogens (tertiary/aromatic N) is 2. The van der Waals surface area contributed by atoms with Crippen LogP contribution in [0.1, 0.15) is 25.8 Å². The van der Waals surface area contributed by atoms with E-state index < -0.39 is 11.7 Å². The Hall–Kier alpha value is -3.01. The summed E-state index contributed by atoms with van der Waals surface area (Å²) in [4.78, 5) is 12.3. The molecule has 192 valence electrons. The summed E-state index contributed by atoms with van der Waals surface area (Å²) in [5, 5.41) is 20.9. The molecule has 2 saturated heterocycles. The van der Waals surface area contributed by atoms with E-state index in [1.807, 2.05) is 62.4 Å². The van der Waals surface area contributed by atoms with Crippen LogP contribution in [0.4, 0.5) is 0 Å². The molecule has 3 N–H and O–H groups in total. The summed E-state index contributed by atoms with van der Waals surface area (Å²) in [6.07, 6.45) is -1.06. The van der Waals surface area contributed by atoms with Crippen molar-refractivity contribution >= 4 is 22.8 Å². The van der Waals surface area contributed by atoms with Crippen LogP contribution in [0.3, 0.4) is 0 Å². The van der Waals surface area contributed by atoms with Gasteiger partial charge in [0.15, 0.2) is 11.8 Å². The van der Waals surface area contributed by atoms with E-state index in [-0.39, 0.29) is 24.9 Å². The van der Waals surface area contributed by atoms with Crippen LogP contribution in [0, 0.1) is 0 Å². The molecule has 2 aromatic carbocycles. The topological polar surface area (TPSA) is 110 Å². The molecule has 2 aliphatic heterocycles. The SMILES string of the molecule is CC[C@@](C)(O)c1ccc(-c2ccc(-c3nc4nc(O[C@@H]5CO[C@H]6[C@@H]5OC[C@H]6O)[nH]c4cc3Cl)cc2)cc1. The van der Waals surface area contributed by atoms with Gasteiger partial charge in [0.2, 0.25) is 0 Å². The quantitative estimate of drug-likeness (QED) is 0.343. The van der Waals surface area contributed by atoms with Gasteiger partial charge in [0.1, 0.15) is 18.3 Å². The van der Waals surface area contributed by atoms with E-state index in [1.165, 1.54) is 0 Å². The number of hydrogen-bond acceptors (Lipinski definition) is 7. The maximum Gasteiger partial charge on any atom is 0.296 e. The highest BCUT2D eigenvalue weighted by Gasteiger charge is 2.48. The summed E-state index contributed by atoms with van der Waals surface area (Å²) in [5.41, 5.74) is 4.81. The van der Waals surface area contributed by atoms with E-state index >= 15 is 0 Å². The Balaban J connectivity index is 1.22. The fourth-order valence-electron chi connectivity index (χ4n) is 4.89. The minimum atomic E-state index is -0.833. The van der Waals surface area contributed by atoms with Crippen LogP contribution in [0.5, 0.6) is 6.01 Å². The number of pyridine rings is 1. The number of aromatic amines is 1. The first-order valence-corrected chi connectivity index (χ1v) is 12.8. The molecule has 0 unspecified atom stereocenters. The van der Waals surface area contributed by atoms with Crippen molar-refractivity contribution in [1.82, 2.24) is 15.0 Å². The van der Waals surface area contributed by atoms with Gasteiger partial charge in [-0.25, -0.2) is 4.98 Å². The van der Waals surface area contributed by atoms with Crippen molar-refractivity contribution in [2.75, 3.05) is 13.2 Å². The number of halogens is 1. The third-order valence-corrected chi connectivity index (χ3v) is 7.62. The smallest absolute Gasteiger partial charge is 0.296 e. The van der Waals surface area contributed by atoms with E-state index in [4.69, 9.17) is 25.8 Å². The molecule has 4 aromatic rings. The molecule has 5 atom stereocenters. The summed E-state index contributed by atoms with van der Waals surface area (Å²) in [6, 6.07) is 18.1. The van der Waals surface area contributed by atoms with Crippen LogP contribution in [-0.4, -0.2) is 62.8 Å². The second kappa shape index (κ2) is 9.38. The highest BCUT2D eigenvalue weighted by Crippen LogP contribution is 2.33. The number of aromatic nitrogens is 3. The van der Waals surface area contributed by atoms with Gasteiger partial charge < -0.3 is 29.4 Å². The molecule has 0 bridgehead atoms. The van der Waals surface area contributed by atoms with Crippen molar-refractivity contribution in [2.24, 2.45) is 0 Å². The predicted octanol–water partition coefficient (Wildman–Crippen LogP) is 4.47. The number of ether oxygens (including phenoxy) is 3. The average molecular weight is 522 g/mol. The Morgan fingerprint density at radius 3 is 2.35 bits per heavy atom. The number of imidazole rings is 1. The third kappa shape index (κ3) is 4.49. The van der Waals surface area contributed by atoms with Crippen LogP contribution in [0.25, 0.3) is 33.5 Å². The number of benzene rings is 2. The summed E-state index contributed by atoms with van der Waals surface area (Å²) in [5.74, 6) is 0. The first kappa shape index (κ1) is 24.3. The summed E-state index contributed by atoms with van der Waals surface area (Å²) in [7, 11) is 0. The molecule has 37 heavy (non-hydrogen) atoms. The average Bonchev–Trinajstić information content (AvgIpc) is 3.60. The Bertz CT molecular complexity index is 1420. The van der Waals surface area contributed by atoms with E-state index in [0.29, 0.717) is 40.9 Å². The number of rotatable bonds is 6. The van der Waals surface area contributed by atoms with Gasteiger partial charge in [-0.05, 0) is 36.1 Å². The maximum absolute atomic E-state index is 10.5. The zero-order valence-electron chi connectivity index (χ0n) is 20.5. The molecule has 8 nitrogen and oxygen atoms in total. The fourth-order valence-corrected chi connectivity index (χ4v) is 5.15. The molecule has 9 heteroatoms. The molecule has 0 amide bonds. The molecule has 0 aliphatic carbocycles. The number of aliphatic hydroxyl groups is 2. The van der Waals surface area contributed by atoms with Crippen molar-refractivity contribution in [2.45, 2.75) is 50.3 Å². The maximum atomic E-state index is 10.5. The zero-order chi connectivity index (χ0) is 25.7. The summed E-state index contributed by atoms with van der Waals surface area (Å²) < 4.78 is 17.2. The highest BCUT2D eigenvalue weighted by molar-refractivity contribution is 6.33. The fraction of sp³-hybridized carbons (Fsp3) is 0.357. The molecule has 6 rings (SSSR count). The monoisotopic (exact) mass is 521 g/mol. The van der Waals surface area contributed by atoms with Crippen LogP contribution in [-0.2, 0) is 15.1 Å². The van der Waals surface area contributed by atoms with Gasteiger partial charge in [-0.1, -0.05) is 67.1 Å². The van der Waals surface area contributed by atoms with E-state index in [2.05, 4.69) is 15.0 Å². The van der Waals surface area contributed by atoms with Gasteiger partial charge >= 0.3 is 0 Å². The predicted molar refractivity (Wildman–Crippen MR) is 140 cm³/mol. The van der Waals surface area contributed by atoms with E-state index in [9.17, 15) is 10.2 Å². The van der Waals surface area contributed by atoms with Crippen molar-refractivity contribution in [3.05, 3.63) is 65.2 Å². The summed E-state index contributed by atoms with van der Waals surface area (Å²) in [6.45, 7) is 4.35. The molecule has 0 radical (unpaired) electrons. The lowest BCUT2D eigenvalue weighted by Crippen LogP contribution is -2.34. The molecule has 2 aliphatic rings. The Morgan fingerprint density at radius 1 is 1.00 bits per heavy atom. The molecule has 0 saturated carbocycles. The summed E-state index contributed by atoms with van der Waals surface area (Å²) >= 11 is 6.59. The molecular weight excluding hydrogens is 494 g/mol. The van der Waals surface area contributed by atoms with Crippen LogP contribution in [0.15, 0.2) is 54.6 Å². The van der Waals surface area contributed by atoms with Crippen LogP contribution < -0.4 is 4.74 Å². The van der Waals surface area contributed by atoms with Gasteiger partial charge in [-0.3, -0.25) is 0 Å². The third-order valence-electron chi connectivity index (χ3n) is 7.34. The minimum Gasteiger partial charge on any atom is -0.456 e. The second-order valence-corrected chi connectivity index (χ2v) is 10.2. The normalized spacial score (nSPS) is 24.8.